The van der Waals surface area contributed by atoms with Crippen molar-refractivity contribution in [2.75, 3.05) is 19.0 Å². The Balaban J connectivity index is 1.79. The lowest BCUT2D eigenvalue weighted by Crippen LogP contribution is -2.19. The first-order chi connectivity index (χ1) is 11.5. The molecule has 1 fully saturated rings. The smallest absolute Gasteiger partial charge is 0.264 e. The minimum absolute atomic E-state index is 0.202. The first kappa shape index (κ1) is 16.3. The Kier molecular flexibility index (Phi) is 4.66. The number of thioether (sulfide) groups is 1. The first-order valence-electron chi connectivity index (χ1n) is 7.34. The molecule has 1 amide bonds. The maximum absolute atomic E-state index is 13.2. The van der Waals surface area contributed by atoms with Crippen LogP contribution in [0.2, 0.25) is 0 Å². The molecule has 2 aromatic rings. The molecule has 24 heavy (non-hydrogen) atoms. The molecule has 122 valence electrons. The SMILES string of the molecule is CN(C)c1ccc(/C=C2\SC(=Nc3cccc(F)c3)NC2=O)cc1. The molecule has 0 bridgehead atoms. The van der Waals surface area contributed by atoms with Crippen molar-refractivity contribution >= 4 is 40.3 Å². The third-order valence-corrected chi connectivity index (χ3v) is 4.31. The fourth-order valence-corrected chi connectivity index (χ4v) is 3.01. The van der Waals surface area contributed by atoms with Crippen LogP contribution in [0.1, 0.15) is 5.56 Å². The molecule has 3 rings (SSSR count). The predicted molar refractivity (Wildman–Crippen MR) is 98.0 cm³/mol. The van der Waals surface area contributed by atoms with Crippen LogP contribution in [0.5, 0.6) is 0 Å². The Labute approximate surface area is 144 Å². The minimum Gasteiger partial charge on any atom is -0.378 e. The van der Waals surface area contributed by atoms with Gasteiger partial charge in [-0.15, -0.1) is 0 Å². The summed E-state index contributed by atoms with van der Waals surface area (Å²) in [5, 5.41) is 3.14. The van der Waals surface area contributed by atoms with E-state index in [0.717, 1.165) is 11.3 Å². The number of hydrogen-bond acceptors (Lipinski definition) is 4. The standard InChI is InChI=1S/C18H16FN3OS/c1-22(2)15-8-6-12(7-9-15)10-16-17(23)21-18(24-16)20-14-5-3-4-13(19)11-14/h3-11H,1-2H3,(H,20,21,23)/b16-10-. The number of rotatable bonds is 3. The maximum Gasteiger partial charge on any atom is 0.264 e. The minimum atomic E-state index is -0.358. The number of amides is 1. The van der Waals surface area contributed by atoms with E-state index in [4.69, 9.17) is 0 Å². The van der Waals surface area contributed by atoms with Crippen LogP contribution < -0.4 is 10.2 Å². The number of amidine groups is 1. The summed E-state index contributed by atoms with van der Waals surface area (Å²) in [6.07, 6.45) is 1.81. The molecule has 1 N–H and O–H groups in total. The number of hydrogen-bond donors (Lipinski definition) is 1. The lowest BCUT2D eigenvalue weighted by Gasteiger charge is -2.11. The highest BCUT2D eigenvalue weighted by Gasteiger charge is 2.23. The molecule has 1 heterocycles. The molecular formula is C18H16FN3OS. The van der Waals surface area contributed by atoms with Crippen LogP contribution >= 0.6 is 11.8 Å². The normalized spacial score (nSPS) is 17.4. The molecule has 2 aromatic carbocycles. The summed E-state index contributed by atoms with van der Waals surface area (Å²) in [5.41, 5.74) is 2.49. The fourth-order valence-electron chi connectivity index (χ4n) is 2.16. The van der Waals surface area contributed by atoms with E-state index in [1.807, 2.05) is 49.3 Å². The Morgan fingerprint density at radius 3 is 2.58 bits per heavy atom. The highest BCUT2D eigenvalue weighted by atomic mass is 32.2. The summed E-state index contributed by atoms with van der Waals surface area (Å²) in [6.45, 7) is 0. The predicted octanol–water partition coefficient (Wildman–Crippen LogP) is 3.78. The van der Waals surface area contributed by atoms with Crippen molar-refractivity contribution < 1.29 is 9.18 Å². The monoisotopic (exact) mass is 341 g/mol. The summed E-state index contributed by atoms with van der Waals surface area (Å²) in [5.74, 6) is -0.560. The Hall–Kier alpha value is -2.60. The van der Waals surface area contributed by atoms with Crippen LogP contribution in [0, 0.1) is 5.82 Å². The lowest BCUT2D eigenvalue weighted by atomic mass is 10.2. The van der Waals surface area contributed by atoms with Gasteiger partial charge in [0.05, 0.1) is 10.6 Å². The molecular weight excluding hydrogens is 325 g/mol. The van der Waals surface area contributed by atoms with E-state index in [0.29, 0.717) is 15.8 Å². The molecule has 0 aromatic heterocycles. The van der Waals surface area contributed by atoms with Crippen LogP contribution in [0.15, 0.2) is 58.4 Å². The van der Waals surface area contributed by atoms with Crippen molar-refractivity contribution in [3.63, 3.8) is 0 Å². The Morgan fingerprint density at radius 2 is 1.92 bits per heavy atom. The van der Waals surface area contributed by atoms with E-state index in [1.54, 1.807) is 12.1 Å². The zero-order valence-electron chi connectivity index (χ0n) is 13.3. The second-order valence-electron chi connectivity index (χ2n) is 5.45. The third kappa shape index (κ3) is 3.83. The Bertz CT molecular complexity index is 828. The summed E-state index contributed by atoms with van der Waals surface area (Å²) < 4.78 is 13.2. The van der Waals surface area contributed by atoms with Crippen LogP contribution in [-0.2, 0) is 4.79 Å². The summed E-state index contributed by atoms with van der Waals surface area (Å²) in [4.78, 5) is 18.9. The largest absolute Gasteiger partial charge is 0.378 e. The average Bonchev–Trinajstić information content (AvgIpc) is 2.87. The van der Waals surface area contributed by atoms with Gasteiger partial charge in [-0.1, -0.05) is 18.2 Å². The molecule has 0 saturated carbocycles. The number of anilines is 1. The molecule has 0 unspecified atom stereocenters. The maximum atomic E-state index is 13.2. The van der Waals surface area contributed by atoms with Gasteiger partial charge >= 0.3 is 0 Å². The van der Waals surface area contributed by atoms with Crippen molar-refractivity contribution in [2.45, 2.75) is 0 Å². The molecule has 0 atom stereocenters. The van der Waals surface area contributed by atoms with Crippen molar-refractivity contribution in [2.24, 2.45) is 4.99 Å². The molecule has 6 heteroatoms. The van der Waals surface area contributed by atoms with Crippen LogP contribution in [0.4, 0.5) is 15.8 Å². The summed E-state index contributed by atoms with van der Waals surface area (Å²) in [7, 11) is 3.95. The van der Waals surface area contributed by atoms with Crippen LogP contribution in [-0.4, -0.2) is 25.2 Å². The van der Waals surface area contributed by atoms with Gasteiger partial charge in [-0.05, 0) is 53.7 Å². The van der Waals surface area contributed by atoms with Crippen molar-refractivity contribution in [3.8, 4) is 0 Å². The quantitative estimate of drug-likeness (QED) is 0.864. The van der Waals surface area contributed by atoms with E-state index in [-0.39, 0.29) is 11.7 Å². The molecule has 0 spiro atoms. The van der Waals surface area contributed by atoms with Gasteiger partial charge in [0, 0.05) is 19.8 Å². The number of nitrogens with zero attached hydrogens (tertiary/aromatic N) is 2. The molecule has 1 saturated heterocycles. The lowest BCUT2D eigenvalue weighted by molar-refractivity contribution is -0.115. The number of nitrogens with one attached hydrogen (secondary N) is 1. The molecule has 1 aliphatic heterocycles. The highest BCUT2D eigenvalue weighted by molar-refractivity contribution is 8.18. The molecule has 0 radical (unpaired) electrons. The summed E-state index contributed by atoms with van der Waals surface area (Å²) in [6, 6.07) is 13.8. The highest BCUT2D eigenvalue weighted by Crippen LogP contribution is 2.28. The number of halogens is 1. The van der Waals surface area contributed by atoms with Gasteiger partial charge < -0.3 is 10.2 Å². The third-order valence-electron chi connectivity index (χ3n) is 3.40. The summed E-state index contributed by atoms with van der Waals surface area (Å²) >= 11 is 1.24. The number of aliphatic imine (C=N–C) groups is 1. The Morgan fingerprint density at radius 1 is 1.17 bits per heavy atom. The zero-order chi connectivity index (χ0) is 17.1. The molecule has 1 aliphatic rings. The second kappa shape index (κ2) is 6.88. The van der Waals surface area contributed by atoms with Crippen molar-refractivity contribution in [3.05, 3.63) is 64.8 Å². The topological polar surface area (TPSA) is 44.7 Å². The first-order valence-corrected chi connectivity index (χ1v) is 8.15. The second-order valence-corrected chi connectivity index (χ2v) is 6.48. The van der Waals surface area contributed by atoms with E-state index >= 15 is 0 Å². The van der Waals surface area contributed by atoms with Crippen LogP contribution in [0.25, 0.3) is 6.08 Å². The average molecular weight is 341 g/mol. The van der Waals surface area contributed by atoms with Crippen molar-refractivity contribution in [1.82, 2.24) is 5.32 Å². The van der Waals surface area contributed by atoms with Gasteiger partial charge in [0.15, 0.2) is 5.17 Å². The molecule has 0 aliphatic carbocycles. The van der Waals surface area contributed by atoms with Gasteiger partial charge in [0.2, 0.25) is 0 Å². The van der Waals surface area contributed by atoms with E-state index in [9.17, 15) is 9.18 Å². The van der Waals surface area contributed by atoms with Gasteiger partial charge in [-0.25, -0.2) is 9.38 Å². The zero-order valence-corrected chi connectivity index (χ0v) is 14.1. The van der Waals surface area contributed by atoms with Gasteiger partial charge in [0.25, 0.3) is 5.91 Å². The van der Waals surface area contributed by atoms with Gasteiger partial charge in [0.1, 0.15) is 5.82 Å². The number of carbonyl (C=O) groups excluding carboxylic acids is 1. The van der Waals surface area contributed by atoms with Gasteiger partial charge in [-0.3, -0.25) is 4.79 Å². The van der Waals surface area contributed by atoms with Crippen LogP contribution in [0.3, 0.4) is 0 Å². The van der Waals surface area contributed by atoms with Crippen molar-refractivity contribution in [1.29, 1.82) is 0 Å². The van der Waals surface area contributed by atoms with E-state index in [1.165, 1.54) is 23.9 Å². The number of carbonyl (C=O) groups is 1. The number of benzene rings is 2. The van der Waals surface area contributed by atoms with E-state index < -0.39 is 0 Å². The van der Waals surface area contributed by atoms with E-state index in [2.05, 4.69) is 10.3 Å². The molecule has 4 nitrogen and oxygen atoms in total. The fraction of sp³-hybridized carbons (Fsp3) is 0.111. The van der Waals surface area contributed by atoms with Gasteiger partial charge in [-0.2, -0.15) is 0 Å².